The van der Waals surface area contributed by atoms with Crippen molar-refractivity contribution in [2.24, 2.45) is 7.05 Å². The third-order valence-corrected chi connectivity index (χ3v) is 6.50. The highest BCUT2D eigenvalue weighted by atomic mass is 16.7. The first-order chi connectivity index (χ1) is 14.5. The molecular formula is C23H21N3O4. The number of likely N-dealkylation sites (N-methyl/N-ethyl adjacent to an activating group) is 1. The number of fused-ring (bicyclic) bond motifs is 4. The van der Waals surface area contributed by atoms with Gasteiger partial charge in [-0.15, -0.1) is 0 Å². The number of hydrogen-bond donors (Lipinski definition) is 0. The molecule has 152 valence electrons. The molecule has 2 amide bonds. The zero-order valence-electron chi connectivity index (χ0n) is 16.8. The minimum Gasteiger partial charge on any atom is -0.454 e. The summed E-state index contributed by atoms with van der Waals surface area (Å²) >= 11 is 0. The van der Waals surface area contributed by atoms with E-state index < -0.39 is 6.04 Å². The number of hydrogen-bond acceptors (Lipinski definition) is 4. The number of nitrogens with zero attached hydrogens (tertiary/aromatic N) is 3. The van der Waals surface area contributed by atoms with Crippen molar-refractivity contribution in [1.82, 2.24) is 14.4 Å². The Hall–Kier alpha value is -3.48. The van der Waals surface area contributed by atoms with E-state index in [1.165, 1.54) is 4.90 Å². The van der Waals surface area contributed by atoms with Gasteiger partial charge in [0.15, 0.2) is 11.5 Å². The summed E-state index contributed by atoms with van der Waals surface area (Å²) in [6, 6.07) is 11.2. The van der Waals surface area contributed by atoms with Crippen molar-refractivity contribution in [3.63, 3.8) is 0 Å². The van der Waals surface area contributed by atoms with E-state index in [2.05, 4.69) is 22.9 Å². The van der Waals surface area contributed by atoms with Gasteiger partial charge in [0.2, 0.25) is 18.6 Å². The third kappa shape index (κ3) is 2.26. The van der Waals surface area contributed by atoms with E-state index in [1.54, 1.807) is 11.9 Å². The van der Waals surface area contributed by atoms with E-state index >= 15 is 0 Å². The van der Waals surface area contributed by atoms with Crippen molar-refractivity contribution in [3.8, 4) is 11.5 Å². The van der Waals surface area contributed by atoms with Gasteiger partial charge in [0.05, 0.1) is 12.6 Å². The molecule has 7 nitrogen and oxygen atoms in total. The predicted molar refractivity (Wildman–Crippen MR) is 109 cm³/mol. The minimum atomic E-state index is -0.520. The molecule has 3 aliphatic rings. The fourth-order valence-electron chi connectivity index (χ4n) is 5.12. The number of para-hydroxylation sites is 1. The molecule has 4 heterocycles. The van der Waals surface area contributed by atoms with Crippen molar-refractivity contribution >= 4 is 22.7 Å². The number of benzene rings is 2. The summed E-state index contributed by atoms with van der Waals surface area (Å²) < 4.78 is 13.3. The molecule has 0 bridgehead atoms. The monoisotopic (exact) mass is 403 g/mol. The quantitative estimate of drug-likeness (QED) is 0.625. The van der Waals surface area contributed by atoms with Gasteiger partial charge in [0.1, 0.15) is 6.04 Å². The second kappa shape index (κ2) is 6.01. The highest BCUT2D eigenvalue weighted by Gasteiger charge is 2.47. The van der Waals surface area contributed by atoms with Crippen LogP contribution < -0.4 is 9.47 Å². The highest BCUT2D eigenvalue weighted by Crippen LogP contribution is 2.46. The average Bonchev–Trinajstić information content (AvgIpc) is 3.33. The normalized spacial score (nSPS) is 22.5. The Morgan fingerprint density at radius 1 is 1.00 bits per heavy atom. The van der Waals surface area contributed by atoms with E-state index in [4.69, 9.17) is 9.47 Å². The van der Waals surface area contributed by atoms with Crippen LogP contribution in [0.2, 0.25) is 0 Å². The molecule has 1 saturated heterocycles. The Morgan fingerprint density at radius 3 is 2.60 bits per heavy atom. The molecule has 0 spiro atoms. The van der Waals surface area contributed by atoms with Crippen molar-refractivity contribution in [1.29, 1.82) is 0 Å². The SMILES string of the molecule is CN1CC(=O)N2[C@H](c3cn(C)c4ccccc34)c3cc4c(cc3C[C@H]2C1=O)OCO4. The topological polar surface area (TPSA) is 64.0 Å². The molecule has 30 heavy (non-hydrogen) atoms. The van der Waals surface area contributed by atoms with Gasteiger partial charge in [-0.2, -0.15) is 0 Å². The molecule has 0 saturated carbocycles. The molecule has 0 N–H and O–H groups in total. The van der Waals surface area contributed by atoms with Gasteiger partial charge in [-0.25, -0.2) is 0 Å². The van der Waals surface area contributed by atoms with Gasteiger partial charge in [-0.1, -0.05) is 18.2 Å². The van der Waals surface area contributed by atoms with Crippen molar-refractivity contribution in [3.05, 3.63) is 59.3 Å². The first-order valence-electron chi connectivity index (χ1n) is 10.1. The summed E-state index contributed by atoms with van der Waals surface area (Å²) in [6.07, 6.45) is 2.55. The van der Waals surface area contributed by atoms with E-state index in [1.807, 2.05) is 31.3 Å². The number of amides is 2. The molecule has 0 aliphatic carbocycles. The molecule has 6 rings (SSSR count). The van der Waals surface area contributed by atoms with Gasteiger partial charge in [0.25, 0.3) is 0 Å². The lowest BCUT2D eigenvalue weighted by molar-refractivity contribution is -0.157. The number of carbonyl (C=O) groups excluding carboxylic acids is 2. The maximum Gasteiger partial charge on any atom is 0.245 e. The van der Waals surface area contributed by atoms with E-state index in [0.717, 1.165) is 27.6 Å². The Balaban J connectivity index is 1.63. The van der Waals surface area contributed by atoms with Crippen molar-refractivity contribution in [2.75, 3.05) is 20.4 Å². The number of aryl methyl sites for hydroxylation is 1. The maximum atomic E-state index is 13.2. The molecule has 2 aromatic carbocycles. The number of aromatic nitrogens is 1. The van der Waals surface area contributed by atoms with Crippen LogP contribution in [-0.4, -0.2) is 52.6 Å². The Morgan fingerprint density at radius 2 is 1.77 bits per heavy atom. The molecular weight excluding hydrogens is 382 g/mol. The Labute approximate surface area is 173 Å². The van der Waals surface area contributed by atoms with Crippen LogP contribution in [-0.2, 0) is 23.1 Å². The molecule has 1 aromatic heterocycles. The summed E-state index contributed by atoms with van der Waals surface area (Å²) in [5.41, 5.74) is 4.13. The largest absolute Gasteiger partial charge is 0.454 e. The fourth-order valence-corrected chi connectivity index (χ4v) is 5.12. The molecule has 1 fully saturated rings. The van der Waals surface area contributed by atoms with Crippen LogP contribution in [0.4, 0.5) is 0 Å². The van der Waals surface area contributed by atoms with Crippen LogP contribution in [0, 0.1) is 0 Å². The number of ether oxygens (including phenoxy) is 2. The van der Waals surface area contributed by atoms with E-state index in [9.17, 15) is 9.59 Å². The van der Waals surface area contributed by atoms with Gasteiger partial charge < -0.3 is 23.8 Å². The molecule has 0 unspecified atom stereocenters. The summed E-state index contributed by atoms with van der Waals surface area (Å²) in [5, 5.41) is 1.08. The van der Waals surface area contributed by atoms with Crippen LogP contribution in [0.15, 0.2) is 42.6 Å². The van der Waals surface area contributed by atoms with E-state index in [-0.39, 0.29) is 31.2 Å². The van der Waals surface area contributed by atoms with Crippen LogP contribution in [0.5, 0.6) is 11.5 Å². The summed E-state index contributed by atoms with van der Waals surface area (Å²) in [5.74, 6) is 1.32. The molecule has 2 atom stereocenters. The second-order valence-corrected chi connectivity index (χ2v) is 8.23. The molecule has 3 aliphatic heterocycles. The van der Waals surface area contributed by atoms with Crippen molar-refractivity contribution < 1.29 is 19.1 Å². The lowest BCUT2D eigenvalue weighted by Crippen LogP contribution is -2.62. The van der Waals surface area contributed by atoms with Gasteiger partial charge >= 0.3 is 0 Å². The summed E-state index contributed by atoms with van der Waals surface area (Å²) in [7, 11) is 3.70. The minimum absolute atomic E-state index is 0.0249. The first kappa shape index (κ1) is 17.4. The van der Waals surface area contributed by atoms with Crippen LogP contribution in [0.25, 0.3) is 10.9 Å². The first-order valence-corrected chi connectivity index (χ1v) is 10.1. The number of piperazine rings is 1. The lowest BCUT2D eigenvalue weighted by Gasteiger charge is -2.47. The highest BCUT2D eigenvalue weighted by molar-refractivity contribution is 5.97. The summed E-state index contributed by atoms with van der Waals surface area (Å²) in [4.78, 5) is 29.6. The Kier molecular flexibility index (Phi) is 3.48. The standard InChI is InChI=1S/C23H21N3O4/c1-24-10-16(14-5-3-4-6-17(14)24)22-15-9-20-19(29-12-30-20)8-13(15)7-18-23(28)25(2)11-21(27)26(18)22/h3-6,8-10,18,22H,7,11-12H2,1-2H3/t18-,22-/m0/s1. The molecule has 3 aromatic rings. The van der Waals surface area contributed by atoms with Crippen LogP contribution in [0.1, 0.15) is 22.7 Å². The lowest BCUT2D eigenvalue weighted by atomic mass is 9.82. The maximum absolute atomic E-state index is 13.2. The smallest absolute Gasteiger partial charge is 0.245 e. The van der Waals surface area contributed by atoms with Gasteiger partial charge in [0, 0.05) is 43.2 Å². The zero-order valence-corrected chi connectivity index (χ0v) is 16.8. The fraction of sp³-hybridized carbons (Fsp3) is 0.304. The van der Waals surface area contributed by atoms with Gasteiger partial charge in [-0.3, -0.25) is 9.59 Å². The molecule has 0 radical (unpaired) electrons. The second-order valence-electron chi connectivity index (χ2n) is 8.23. The van der Waals surface area contributed by atoms with Gasteiger partial charge in [-0.05, 0) is 29.3 Å². The Bertz CT molecular complexity index is 1230. The van der Waals surface area contributed by atoms with Crippen LogP contribution >= 0.6 is 0 Å². The zero-order chi connectivity index (χ0) is 20.6. The average molecular weight is 403 g/mol. The third-order valence-electron chi connectivity index (χ3n) is 6.50. The summed E-state index contributed by atoms with van der Waals surface area (Å²) in [6.45, 7) is 0.279. The number of carbonyl (C=O) groups is 2. The molecule has 7 heteroatoms. The predicted octanol–water partition coefficient (Wildman–Crippen LogP) is 2.22. The van der Waals surface area contributed by atoms with Crippen molar-refractivity contribution in [2.45, 2.75) is 18.5 Å². The van der Waals surface area contributed by atoms with E-state index in [0.29, 0.717) is 17.9 Å². The number of rotatable bonds is 1. The van der Waals surface area contributed by atoms with Crippen LogP contribution in [0.3, 0.4) is 0 Å².